The molecule has 0 aliphatic heterocycles. The summed E-state index contributed by atoms with van der Waals surface area (Å²) in [6.07, 6.45) is 3.78. The maximum atomic E-state index is 12.0. The van der Waals surface area contributed by atoms with Gasteiger partial charge in [0.15, 0.2) is 0 Å². The van der Waals surface area contributed by atoms with E-state index in [-0.39, 0.29) is 11.5 Å². The molecule has 1 aliphatic carbocycles. The van der Waals surface area contributed by atoms with Crippen LogP contribution in [0.25, 0.3) is 22.0 Å². The van der Waals surface area contributed by atoms with Gasteiger partial charge in [0.2, 0.25) is 5.91 Å². The van der Waals surface area contributed by atoms with Gasteiger partial charge >= 0.3 is 0 Å². The highest BCUT2D eigenvalue weighted by Crippen LogP contribution is 2.24. The summed E-state index contributed by atoms with van der Waals surface area (Å²) in [6.45, 7) is 0. The van der Waals surface area contributed by atoms with Crippen molar-refractivity contribution in [2.24, 2.45) is 0 Å². The fraction of sp³-hybridized carbons (Fsp3) is 0.250. The fourth-order valence-electron chi connectivity index (χ4n) is 3.13. The molecule has 2 aromatic carbocycles. The molecule has 0 atom stereocenters. The number of carbonyl (C=O) groups is 1. The minimum Gasteiger partial charge on any atom is -0.353 e. The minimum atomic E-state index is -0.191. The van der Waals surface area contributed by atoms with Crippen molar-refractivity contribution in [3.63, 3.8) is 0 Å². The molecule has 25 heavy (non-hydrogen) atoms. The number of hydrogen-bond donors (Lipinski definition) is 2. The number of fused-ring (bicyclic) bond motifs is 1. The minimum absolute atomic E-state index is 0.0741. The van der Waals surface area contributed by atoms with Gasteiger partial charge in [-0.3, -0.25) is 9.59 Å². The van der Waals surface area contributed by atoms with Crippen molar-refractivity contribution in [3.05, 3.63) is 64.4 Å². The summed E-state index contributed by atoms with van der Waals surface area (Å²) >= 11 is 0. The second-order valence-corrected chi connectivity index (χ2v) is 6.52. The van der Waals surface area contributed by atoms with Crippen LogP contribution < -0.4 is 10.9 Å². The van der Waals surface area contributed by atoms with Crippen LogP contribution in [-0.2, 0) is 11.2 Å². The zero-order valence-corrected chi connectivity index (χ0v) is 13.8. The Bertz CT molecular complexity index is 972. The number of rotatable bonds is 4. The zero-order chi connectivity index (χ0) is 17.2. The van der Waals surface area contributed by atoms with Gasteiger partial charge in [-0.15, -0.1) is 0 Å². The quantitative estimate of drug-likeness (QED) is 0.771. The molecule has 126 valence electrons. The number of hydrogen-bond acceptors (Lipinski definition) is 3. The van der Waals surface area contributed by atoms with Gasteiger partial charge in [-0.25, -0.2) is 5.10 Å². The third kappa shape index (κ3) is 3.18. The van der Waals surface area contributed by atoms with Crippen LogP contribution in [0.15, 0.2) is 53.3 Å². The number of nitrogens with zero attached hydrogens (tertiary/aromatic N) is 1. The molecule has 3 aromatic rings. The van der Waals surface area contributed by atoms with Crippen LogP contribution >= 0.6 is 0 Å². The molecule has 0 unspecified atom stereocenters. The molecule has 5 nitrogen and oxygen atoms in total. The van der Waals surface area contributed by atoms with Crippen molar-refractivity contribution >= 4 is 16.7 Å². The lowest BCUT2D eigenvalue weighted by atomic mass is 9.93. The van der Waals surface area contributed by atoms with Crippen molar-refractivity contribution in [3.8, 4) is 11.3 Å². The Morgan fingerprint density at radius 2 is 1.80 bits per heavy atom. The molecule has 1 aliphatic rings. The maximum absolute atomic E-state index is 12.0. The Labute approximate surface area is 145 Å². The third-order valence-corrected chi connectivity index (χ3v) is 4.76. The van der Waals surface area contributed by atoms with Gasteiger partial charge in [-0.2, -0.15) is 5.10 Å². The van der Waals surface area contributed by atoms with E-state index < -0.39 is 0 Å². The summed E-state index contributed by atoms with van der Waals surface area (Å²) < 4.78 is 0. The van der Waals surface area contributed by atoms with Crippen molar-refractivity contribution in [1.82, 2.24) is 15.5 Å². The largest absolute Gasteiger partial charge is 0.353 e. The lowest BCUT2D eigenvalue weighted by molar-refractivity contribution is -0.121. The molecule has 0 spiro atoms. The van der Waals surface area contributed by atoms with E-state index in [9.17, 15) is 9.59 Å². The predicted octanol–water partition coefficient (Wildman–Crippen LogP) is 2.80. The first kappa shape index (κ1) is 15.6. The number of carbonyl (C=O) groups excluding carboxylic acids is 1. The van der Waals surface area contributed by atoms with E-state index in [1.54, 1.807) is 6.07 Å². The zero-order valence-electron chi connectivity index (χ0n) is 13.8. The van der Waals surface area contributed by atoms with Crippen LogP contribution in [0, 0.1) is 0 Å². The van der Waals surface area contributed by atoms with E-state index >= 15 is 0 Å². The first-order chi connectivity index (χ1) is 12.2. The van der Waals surface area contributed by atoms with Crippen molar-refractivity contribution in [1.29, 1.82) is 0 Å². The van der Waals surface area contributed by atoms with E-state index in [0.717, 1.165) is 35.0 Å². The standard InChI is InChI=1S/C20H19N3O2/c24-18(21-15-4-3-5-15)12-13-8-10-14(11-9-13)19-16-6-1-2-7-17(16)20(25)23-22-19/h1-2,6-11,15H,3-5,12H2,(H,21,24)(H,23,25). The van der Waals surface area contributed by atoms with Gasteiger partial charge in [-0.1, -0.05) is 42.5 Å². The Morgan fingerprint density at radius 3 is 2.48 bits per heavy atom. The molecule has 0 saturated heterocycles. The molecule has 1 fully saturated rings. The number of amides is 1. The molecular formula is C20H19N3O2. The molecule has 1 aromatic heterocycles. The summed E-state index contributed by atoms with van der Waals surface area (Å²) in [5.41, 5.74) is 2.43. The molecule has 4 rings (SSSR count). The van der Waals surface area contributed by atoms with Gasteiger partial charge in [0, 0.05) is 17.0 Å². The van der Waals surface area contributed by atoms with Crippen LogP contribution in [0.5, 0.6) is 0 Å². The first-order valence-corrected chi connectivity index (χ1v) is 8.57. The van der Waals surface area contributed by atoms with E-state index in [1.165, 1.54) is 6.42 Å². The summed E-state index contributed by atoms with van der Waals surface area (Å²) in [4.78, 5) is 23.9. The molecule has 1 saturated carbocycles. The number of aromatic amines is 1. The first-order valence-electron chi connectivity index (χ1n) is 8.57. The lowest BCUT2D eigenvalue weighted by Crippen LogP contribution is -2.40. The highest BCUT2D eigenvalue weighted by atomic mass is 16.1. The van der Waals surface area contributed by atoms with Crippen molar-refractivity contribution in [2.75, 3.05) is 0 Å². The van der Waals surface area contributed by atoms with Crippen LogP contribution in [0.1, 0.15) is 24.8 Å². The summed E-state index contributed by atoms with van der Waals surface area (Å²) in [5, 5.41) is 11.3. The average Bonchev–Trinajstić information content (AvgIpc) is 2.60. The van der Waals surface area contributed by atoms with Crippen LogP contribution in [-0.4, -0.2) is 22.1 Å². The van der Waals surface area contributed by atoms with E-state index in [0.29, 0.717) is 17.8 Å². The van der Waals surface area contributed by atoms with Gasteiger partial charge in [0.1, 0.15) is 0 Å². The topological polar surface area (TPSA) is 74.8 Å². The second-order valence-electron chi connectivity index (χ2n) is 6.52. The van der Waals surface area contributed by atoms with Crippen LogP contribution in [0.3, 0.4) is 0 Å². The maximum Gasteiger partial charge on any atom is 0.272 e. The van der Waals surface area contributed by atoms with Gasteiger partial charge in [0.25, 0.3) is 5.56 Å². The van der Waals surface area contributed by atoms with Crippen molar-refractivity contribution in [2.45, 2.75) is 31.7 Å². The SMILES string of the molecule is O=C(Cc1ccc(-c2n[nH]c(=O)c3ccccc23)cc1)NC1CCC1. The summed E-state index contributed by atoms with van der Waals surface area (Å²) in [6, 6.07) is 15.6. The van der Waals surface area contributed by atoms with Gasteiger partial charge in [-0.05, 0) is 30.9 Å². The number of aromatic nitrogens is 2. The lowest BCUT2D eigenvalue weighted by Gasteiger charge is -2.26. The molecule has 0 radical (unpaired) electrons. The van der Waals surface area contributed by atoms with E-state index in [2.05, 4.69) is 15.5 Å². The molecular weight excluding hydrogens is 314 g/mol. The molecule has 5 heteroatoms. The summed E-state index contributed by atoms with van der Waals surface area (Å²) in [7, 11) is 0. The molecule has 1 heterocycles. The normalized spacial score (nSPS) is 14.2. The number of nitrogens with one attached hydrogen (secondary N) is 2. The summed E-state index contributed by atoms with van der Waals surface area (Å²) in [5.74, 6) is 0.0741. The molecule has 0 bridgehead atoms. The van der Waals surface area contributed by atoms with Gasteiger partial charge < -0.3 is 5.32 Å². The molecule has 1 amide bonds. The van der Waals surface area contributed by atoms with E-state index in [4.69, 9.17) is 0 Å². The van der Waals surface area contributed by atoms with E-state index in [1.807, 2.05) is 42.5 Å². The predicted molar refractivity (Wildman–Crippen MR) is 97.3 cm³/mol. The highest BCUT2D eigenvalue weighted by Gasteiger charge is 2.19. The van der Waals surface area contributed by atoms with Crippen LogP contribution in [0.2, 0.25) is 0 Å². The smallest absolute Gasteiger partial charge is 0.272 e. The van der Waals surface area contributed by atoms with Gasteiger partial charge in [0.05, 0.1) is 17.5 Å². The number of benzene rings is 2. The average molecular weight is 333 g/mol. The molecule has 2 N–H and O–H groups in total. The van der Waals surface area contributed by atoms with Crippen LogP contribution in [0.4, 0.5) is 0 Å². The third-order valence-electron chi connectivity index (χ3n) is 4.76. The van der Waals surface area contributed by atoms with Crippen molar-refractivity contribution < 1.29 is 4.79 Å². The Hall–Kier alpha value is -2.95. The monoisotopic (exact) mass is 333 g/mol. The number of H-pyrrole nitrogens is 1. The second kappa shape index (κ2) is 6.51. The fourth-order valence-corrected chi connectivity index (χ4v) is 3.13. The Morgan fingerprint density at radius 1 is 1.08 bits per heavy atom. The Balaban J connectivity index is 1.57. The Kier molecular flexibility index (Phi) is 4.06. The highest BCUT2D eigenvalue weighted by molar-refractivity contribution is 5.93.